The molecule has 12 nitrogen and oxygen atoms in total. The van der Waals surface area contributed by atoms with Gasteiger partial charge < -0.3 is 35.1 Å². The first kappa shape index (κ1) is 44.0. The number of alkyl halides is 3. The summed E-state index contributed by atoms with van der Waals surface area (Å²) in [6.45, 7) is -0.345. The first-order chi connectivity index (χ1) is 30.3. The van der Waals surface area contributed by atoms with Gasteiger partial charge in [0.2, 0.25) is 0 Å². The molecule has 2 amide bonds. The van der Waals surface area contributed by atoms with Gasteiger partial charge in [-0.1, -0.05) is 103 Å². The lowest BCUT2D eigenvalue weighted by Gasteiger charge is -2.43. The van der Waals surface area contributed by atoms with Crippen LogP contribution in [0.5, 0.6) is 11.5 Å². The van der Waals surface area contributed by atoms with Crippen LogP contribution in [0.4, 0.5) is 19.0 Å². The average Bonchev–Trinajstić information content (AvgIpc) is 3.69. The Balaban J connectivity index is 1.25. The Morgan fingerprint density at radius 2 is 1.38 bits per heavy atom. The van der Waals surface area contributed by atoms with E-state index in [0.717, 1.165) is 0 Å². The van der Waals surface area contributed by atoms with Crippen molar-refractivity contribution >= 4 is 29.8 Å². The monoisotopic (exact) mass is 860 g/mol. The number of anilines is 1. The zero-order valence-electron chi connectivity index (χ0n) is 34.0. The molecular weight excluding hydrogens is 818 g/mol. The summed E-state index contributed by atoms with van der Waals surface area (Å²) in [6.07, 6.45) is -5.62. The highest BCUT2D eigenvalue weighted by molar-refractivity contribution is 6.04. The van der Waals surface area contributed by atoms with E-state index in [1.54, 1.807) is 105 Å². The van der Waals surface area contributed by atoms with E-state index in [2.05, 4.69) is 10.3 Å². The van der Waals surface area contributed by atoms with Crippen LogP contribution in [-0.4, -0.2) is 70.3 Å². The van der Waals surface area contributed by atoms with Gasteiger partial charge in [0.05, 0.1) is 25.7 Å². The molecule has 1 fully saturated rings. The highest BCUT2D eigenvalue weighted by Gasteiger charge is 2.52. The standard InChI is InChI=1S/C48H43F3N4O8/c1-61-37-23-19-35(20-24-37)47(34-11-7-4-8-12-34,36-21-25-38(62-2)26-22-36)42(57)41-39(56)27-40(63-41)55-29-33(43(54-46(55)60)53-44(58)32-9-5-3-6-10-32)18-17-30-13-15-31(16-14-30)28-52-45(59)48(49,50)51/h3-26,29,39-42,56-57H,27-28H2,1-2H3,(H,52,59)(H,53,54,58,60)/t39-,40+,41-,42?/m0/s1. The number of aliphatic hydroxyl groups excluding tert-OH is 2. The number of carbonyl (C=O) groups is 2. The number of hydrogen-bond acceptors (Lipinski definition) is 9. The van der Waals surface area contributed by atoms with Crippen LogP contribution in [0, 0.1) is 0 Å². The molecule has 4 N–H and O–H groups in total. The summed E-state index contributed by atoms with van der Waals surface area (Å²) in [5.41, 5.74) is 1.43. The molecule has 15 heteroatoms. The zero-order chi connectivity index (χ0) is 44.7. The van der Waals surface area contributed by atoms with Gasteiger partial charge in [-0.3, -0.25) is 14.2 Å². The molecule has 1 unspecified atom stereocenters. The number of carbonyl (C=O) groups excluding carboxylic acids is 2. The number of amides is 2. The molecule has 0 bridgehead atoms. The topological polar surface area (TPSA) is 161 Å². The number of rotatable bonds is 14. The predicted molar refractivity (Wildman–Crippen MR) is 229 cm³/mol. The van der Waals surface area contributed by atoms with Crippen LogP contribution in [0.3, 0.4) is 0 Å². The minimum absolute atomic E-state index is 0.0786. The Hall–Kier alpha value is -7.07. The average molecular weight is 861 g/mol. The Morgan fingerprint density at radius 3 is 1.94 bits per heavy atom. The minimum atomic E-state index is -5.01. The number of aromatic nitrogens is 2. The molecule has 63 heavy (non-hydrogen) atoms. The van der Waals surface area contributed by atoms with Gasteiger partial charge in [0.1, 0.15) is 35.8 Å². The van der Waals surface area contributed by atoms with Gasteiger partial charge in [-0.2, -0.15) is 18.2 Å². The molecule has 1 aromatic heterocycles. The van der Waals surface area contributed by atoms with Crippen molar-refractivity contribution in [1.82, 2.24) is 14.9 Å². The zero-order valence-corrected chi connectivity index (χ0v) is 34.0. The quantitative estimate of drug-likeness (QED) is 0.0854. The lowest BCUT2D eigenvalue weighted by atomic mass is 9.64. The second-order valence-corrected chi connectivity index (χ2v) is 14.7. The number of ether oxygens (including phenoxy) is 3. The van der Waals surface area contributed by atoms with E-state index in [-0.39, 0.29) is 24.3 Å². The third-order valence-corrected chi connectivity index (χ3v) is 10.9. The molecule has 1 aliphatic heterocycles. The molecule has 0 radical (unpaired) electrons. The molecule has 324 valence electrons. The summed E-state index contributed by atoms with van der Waals surface area (Å²) in [7, 11) is 3.11. The first-order valence-corrected chi connectivity index (χ1v) is 19.8. The van der Waals surface area contributed by atoms with Crippen LogP contribution in [0.25, 0.3) is 12.2 Å². The second-order valence-electron chi connectivity index (χ2n) is 14.7. The molecule has 6 aromatic rings. The Labute approximate surface area is 360 Å². The van der Waals surface area contributed by atoms with Crippen molar-refractivity contribution in [3.8, 4) is 11.5 Å². The summed E-state index contributed by atoms with van der Waals surface area (Å²) in [4.78, 5) is 42.7. The number of nitrogens with one attached hydrogen (secondary N) is 2. The van der Waals surface area contributed by atoms with Gasteiger partial charge in [-0.25, -0.2) is 4.79 Å². The number of nitrogens with zero attached hydrogens (tertiary/aromatic N) is 2. The van der Waals surface area contributed by atoms with Crippen molar-refractivity contribution in [2.24, 2.45) is 0 Å². The van der Waals surface area contributed by atoms with E-state index >= 15 is 0 Å². The van der Waals surface area contributed by atoms with Crippen molar-refractivity contribution in [3.63, 3.8) is 0 Å². The van der Waals surface area contributed by atoms with Crippen LogP contribution in [0.15, 0.2) is 144 Å². The summed E-state index contributed by atoms with van der Waals surface area (Å²) >= 11 is 0. The Morgan fingerprint density at radius 1 is 0.825 bits per heavy atom. The molecule has 5 aromatic carbocycles. The van der Waals surface area contributed by atoms with Crippen molar-refractivity contribution in [3.05, 3.63) is 189 Å². The van der Waals surface area contributed by atoms with E-state index in [9.17, 15) is 37.8 Å². The van der Waals surface area contributed by atoms with E-state index in [4.69, 9.17) is 14.2 Å². The van der Waals surface area contributed by atoms with Crippen LogP contribution >= 0.6 is 0 Å². The van der Waals surface area contributed by atoms with Gasteiger partial charge in [0.25, 0.3) is 5.91 Å². The van der Waals surface area contributed by atoms with Crippen LogP contribution in [-0.2, 0) is 21.5 Å². The maximum absolute atomic E-state index is 13.9. The maximum Gasteiger partial charge on any atom is 0.471 e. The van der Waals surface area contributed by atoms with Crippen LogP contribution in [0.2, 0.25) is 0 Å². The maximum atomic E-state index is 13.9. The van der Waals surface area contributed by atoms with Gasteiger partial charge >= 0.3 is 17.8 Å². The van der Waals surface area contributed by atoms with Gasteiger partial charge in [-0.15, -0.1) is 0 Å². The second kappa shape index (κ2) is 18.9. The number of methoxy groups -OCH3 is 2. The highest BCUT2D eigenvalue weighted by Crippen LogP contribution is 2.47. The van der Waals surface area contributed by atoms with E-state index < -0.39 is 53.6 Å². The normalized spacial score (nSPS) is 17.0. The minimum Gasteiger partial charge on any atom is -0.497 e. The third kappa shape index (κ3) is 9.55. The summed E-state index contributed by atoms with van der Waals surface area (Å²) in [6, 6.07) is 38.4. The fourth-order valence-electron chi connectivity index (χ4n) is 7.70. The molecule has 0 spiro atoms. The molecule has 1 saturated heterocycles. The van der Waals surface area contributed by atoms with Crippen molar-refractivity contribution in [2.75, 3.05) is 19.5 Å². The first-order valence-electron chi connectivity index (χ1n) is 19.8. The van der Waals surface area contributed by atoms with E-state index in [1.165, 1.54) is 10.8 Å². The fourth-order valence-corrected chi connectivity index (χ4v) is 7.70. The smallest absolute Gasteiger partial charge is 0.471 e. The number of benzene rings is 5. The molecule has 0 saturated carbocycles. The van der Waals surface area contributed by atoms with E-state index in [1.807, 2.05) is 59.9 Å². The molecule has 4 atom stereocenters. The fraction of sp³-hybridized carbons (Fsp3) is 0.208. The van der Waals surface area contributed by atoms with Crippen LogP contribution in [0.1, 0.15) is 56.4 Å². The van der Waals surface area contributed by atoms with Gasteiger partial charge in [0, 0.05) is 30.3 Å². The number of hydrogen-bond donors (Lipinski definition) is 4. The Kier molecular flexibility index (Phi) is 13.2. The van der Waals surface area contributed by atoms with Crippen molar-refractivity contribution in [2.45, 2.75) is 49.1 Å². The Bertz CT molecular complexity index is 2560. The number of aliphatic hydroxyl groups is 2. The largest absolute Gasteiger partial charge is 0.497 e. The molecule has 2 heterocycles. The third-order valence-electron chi connectivity index (χ3n) is 10.9. The van der Waals surface area contributed by atoms with Crippen molar-refractivity contribution in [1.29, 1.82) is 0 Å². The summed E-state index contributed by atoms with van der Waals surface area (Å²) in [5.74, 6) is -1.48. The lowest BCUT2D eigenvalue weighted by molar-refractivity contribution is -0.173. The highest BCUT2D eigenvalue weighted by atomic mass is 19.4. The predicted octanol–water partition coefficient (Wildman–Crippen LogP) is 6.91. The molecule has 7 rings (SSSR count). The number of halogens is 3. The molecular formula is C48H43F3N4O8. The van der Waals surface area contributed by atoms with Crippen molar-refractivity contribution < 1.29 is 47.2 Å². The van der Waals surface area contributed by atoms with E-state index in [0.29, 0.717) is 44.9 Å². The van der Waals surface area contributed by atoms with Gasteiger partial charge in [0.15, 0.2) is 0 Å². The SMILES string of the molecule is COc1ccc(C(c2ccccc2)(c2ccc(OC)cc2)C(O)[C@H]2O[C@@H](n3cc(C=Cc4ccc(CNC(=O)C(F)(F)F)cc4)c(NC(=O)c4ccccc4)nc3=O)C[C@@H]2O)cc1. The van der Waals surface area contributed by atoms with Crippen LogP contribution < -0.4 is 25.8 Å². The summed E-state index contributed by atoms with van der Waals surface area (Å²) < 4.78 is 56.6. The lowest BCUT2D eigenvalue weighted by Crippen LogP contribution is -2.51. The molecule has 1 aliphatic rings. The van der Waals surface area contributed by atoms with Gasteiger partial charge in [-0.05, 0) is 70.3 Å². The molecule has 0 aliphatic carbocycles. The summed E-state index contributed by atoms with van der Waals surface area (Å²) in [5, 5.41) is 29.2.